The Balaban J connectivity index is 2.22. The molecule has 1 saturated heterocycles. The van der Waals surface area contributed by atoms with Crippen molar-refractivity contribution in [2.45, 2.75) is 38.0 Å². The van der Waals surface area contributed by atoms with Crippen molar-refractivity contribution in [1.82, 2.24) is 9.66 Å². The van der Waals surface area contributed by atoms with Crippen LogP contribution in [0.2, 0.25) is 0 Å². The maximum atomic E-state index is 12.9. The van der Waals surface area contributed by atoms with Gasteiger partial charge in [0.2, 0.25) is 0 Å². The molecule has 1 aliphatic rings. The molecule has 1 aromatic carbocycles. The van der Waals surface area contributed by atoms with Crippen LogP contribution in [0.4, 0.5) is 0 Å². The van der Waals surface area contributed by atoms with E-state index < -0.39 is 0 Å². The predicted octanol–water partition coefficient (Wildman–Crippen LogP) is 3.21. The van der Waals surface area contributed by atoms with Gasteiger partial charge in [0, 0.05) is 13.1 Å². The van der Waals surface area contributed by atoms with Gasteiger partial charge in [-0.1, -0.05) is 19.1 Å². The van der Waals surface area contributed by atoms with Crippen molar-refractivity contribution in [3.8, 4) is 0 Å². The average molecular weight is 306 g/mol. The van der Waals surface area contributed by atoms with Crippen LogP contribution in [0.5, 0.6) is 0 Å². The monoisotopic (exact) mass is 305 g/mol. The molecule has 21 heavy (non-hydrogen) atoms. The summed E-state index contributed by atoms with van der Waals surface area (Å²) in [7, 11) is 0. The van der Waals surface area contributed by atoms with Gasteiger partial charge in [0.1, 0.15) is 5.82 Å². The van der Waals surface area contributed by atoms with Crippen molar-refractivity contribution in [3.05, 3.63) is 40.4 Å². The molecule has 0 amide bonds. The van der Waals surface area contributed by atoms with Crippen LogP contribution in [-0.2, 0) is 0 Å². The molecule has 4 nitrogen and oxygen atoms in total. The number of halogens is 1. The summed E-state index contributed by atoms with van der Waals surface area (Å²) in [5.74, 6) is 0.671. The Bertz CT molecular complexity index is 691. The molecule has 0 radical (unpaired) electrons. The van der Waals surface area contributed by atoms with E-state index in [9.17, 15) is 4.79 Å². The normalized spacial score (nSPS) is 17.1. The Morgan fingerprint density at radius 1 is 1.24 bits per heavy atom. The lowest BCUT2D eigenvalue weighted by Gasteiger charge is -2.32. The molecule has 0 N–H and O–H groups in total. The van der Waals surface area contributed by atoms with E-state index in [0.29, 0.717) is 11.2 Å². The third-order valence-electron chi connectivity index (χ3n) is 4.03. The number of piperidine rings is 1. The zero-order chi connectivity index (χ0) is 14.8. The molecule has 0 bridgehead atoms. The van der Waals surface area contributed by atoms with E-state index >= 15 is 0 Å². The number of aromatic nitrogens is 2. The lowest BCUT2D eigenvalue weighted by Crippen LogP contribution is -2.47. The largest absolute Gasteiger partial charge is 0.308 e. The molecule has 1 unspecified atom stereocenters. The van der Waals surface area contributed by atoms with Gasteiger partial charge >= 0.3 is 0 Å². The molecule has 5 heteroatoms. The summed E-state index contributed by atoms with van der Waals surface area (Å²) in [5, 5.41) is 2.52. The van der Waals surface area contributed by atoms with Crippen molar-refractivity contribution < 1.29 is 0 Å². The Morgan fingerprint density at radius 2 is 1.95 bits per heavy atom. The molecule has 2 heterocycles. The molecule has 0 spiro atoms. The highest BCUT2D eigenvalue weighted by Gasteiger charge is 2.22. The topological polar surface area (TPSA) is 38.1 Å². The first kappa shape index (κ1) is 14.4. The second-order valence-corrected chi connectivity index (χ2v) is 6.02. The van der Waals surface area contributed by atoms with Crippen molar-refractivity contribution in [1.29, 1.82) is 0 Å². The molecule has 112 valence electrons. The first-order valence-corrected chi connectivity index (χ1v) is 8.07. The summed E-state index contributed by atoms with van der Waals surface area (Å²) in [6.07, 6.45) is 4.19. The van der Waals surface area contributed by atoms with Gasteiger partial charge in [0.25, 0.3) is 5.56 Å². The van der Waals surface area contributed by atoms with Crippen molar-refractivity contribution in [2.75, 3.05) is 18.1 Å². The fourth-order valence-electron chi connectivity index (χ4n) is 2.88. The SMILES string of the molecule is CCC(Cl)c1nc2ccccc2c(=O)n1N1CCCCC1. The molecular weight excluding hydrogens is 286 g/mol. The lowest BCUT2D eigenvalue weighted by molar-refractivity contribution is 0.452. The van der Waals surface area contributed by atoms with E-state index in [0.717, 1.165) is 37.9 Å². The molecule has 1 atom stereocenters. The predicted molar refractivity (Wildman–Crippen MR) is 86.7 cm³/mol. The van der Waals surface area contributed by atoms with Crippen LogP contribution in [0.1, 0.15) is 43.8 Å². The maximum absolute atomic E-state index is 12.9. The number of nitrogens with zero attached hydrogens (tertiary/aromatic N) is 3. The van der Waals surface area contributed by atoms with Crippen LogP contribution in [0.25, 0.3) is 10.9 Å². The number of benzene rings is 1. The van der Waals surface area contributed by atoms with Crippen molar-refractivity contribution >= 4 is 22.5 Å². The lowest BCUT2D eigenvalue weighted by atomic mass is 10.1. The second-order valence-electron chi connectivity index (χ2n) is 5.49. The summed E-state index contributed by atoms with van der Waals surface area (Å²) < 4.78 is 1.72. The molecule has 1 aliphatic heterocycles. The summed E-state index contributed by atoms with van der Waals surface area (Å²) in [5.41, 5.74) is 0.724. The Kier molecular flexibility index (Phi) is 4.15. The minimum atomic E-state index is -0.246. The van der Waals surface area contributed by atoms with Crippen LogP contribution in [0.15, 0.2) is 29.1 Å². The summed E-state index contributed by atoms with van der Waals surface area (Å²) in [6.45, 7) is 3.79. The van der Waals surface area contributed by atoms with E-state index in [1.165, 1.54) is 6.42 Å². The Morgan fingerprint density at radius 3 is 2.67 bits per heavy atom. The summed E-state index contributed by atoms with van der Waals surface area (Å²) >= 11 is 6.44. The third kappa shape index (κ3) is 2.64. The van der Waals surface area contributed by atoms with Gasteiger partial charge in [0.05, 0.1) is 16.3 Å². The van der Waals surface area contributed by atoms with Crippen molar-refractivity contribution in [2.24, 2.45) is 0 Å². The molecule has 3 rings (SSSR count). The Labute approximate surface area is 129 Å². The van der Waals surface area contributed by atoms with E-state index in [1.807, 2.05) is 31.2 Å². The maximum Gasteiger partial charge on any atom is 0.280 e. The number of hydrogen-bond acceptors (Lipinski definition) is 3. The summed E-state index contributed by atoms with van der Waals surface area (Å²) in [4.78, 5) is 17.6. The standard InChI is InChI=1S/C16H20ClN3O/c1-2-13(17)15-18-14-9-5-4-8-12(14)16(21)20(15)19-10-6-3-7-11-19/h4-5,8-9,13H,2-3,6-7,10-11H2,1H3. The van der Waals surface area contributed by atoms with E-state index in [1.54, 1.807) is 4.68 Å². The van der Waals surface area contributed by atoms with Crippen LogP contribution >= 0.6 is 11.6 Å². The fraction of sp³-hybridized carbons (Fsp3) is 0.500. The smallest absolute Gasteiger partial charge is 0.280 e. The molecule has 0 aliphatic carbocycles. The quantitative estimate of drug-likeness (QED) is 0.817. The highest BCUT2D eigenvalue weighted by atomic mass is 35.5. The van der Waals surface area contributed by atoms with Gasteiger partial charge in [-0.15, -0.1) is 11.6 Å². The van der Waals surface area contributed by atoms with E-state index in [2.05, 4.69) is 9.99 Å². The molecule has 1 aromatic heterocycles. The first-order chi connectivity index (χ1) is 10.2. The number of fused-ring (bicyclic) bond motifs is 1. The number of hydrogen-bond donors (Lipinski definition) is 0. The Hall–Kier alpha value is -1.55. The average Bonchev–Trinajstić information content (AvgIpc) is 2.55. The first-order valence-electron chi connectivity index (χ1n) is 7.63. The van der Waals surface area contributed by atoms with E-state index in [4.69, 9.17) is 11.6 Å². The number of para-hydroxylation sites is 1. The van der Waals surface area contributed by atoms with Crippen LogP contribution < -0.4 is 10.6 Å². The molecule has 0 saturated carbocycles. The highest BCUT2D eigenvalue weighted by molar-refractivity contribution is 6.20. The summed E-state index contributed by atoms with van der Waals surface area (Å²) in [6, 6.07) is 7.49. The van der Waals surface area contributed by atoms with E-state index in [-0.39, 0.29) is 10.9 Å². The minimum absolute atomic E-state index is 0.00315. The zero-order valence-electron chi connectivity index (χ0n) is 12.3. The van der Waals surface area contributed by atoms with Crippen LogP contribution in [-0.4, -0.2) is 22.7 Å². The zero-order valence-corrected chi connectivity index (χ0v) is 13.0. The van der Waals surface area contributed by atoms with Gasteiger partial charge in [-0.25, -0.2) is 9.66 Å². The third-order valence-corrected chi connectivity index (χ3v) is 4.54. The second kappa shape index (κ2) is 6.06. The van der Waals surface area contributed by atoms with Gasteiger partial charge in [-0.2, -0.15) is 0 Å². The van der Waals surface area contributed by atoms with Gasteiger partial charge in [0.15, 0.2) is 0 Å². The number of alkyl halides is 1. The molecule has 2 aromatic rings. The van der Waals surface area contributed by atoms with Crippen molar-refractivity contribution in [3.63, 3.8) is 0 Å². The molecule has 1 fully saturated rings. The highest BCUT2D eigenvalue weighted by Crippen LogP contribution is 2.23. The van der Waals surface area contributed by atoms with Crippen LogP contribution in [0.3, 0.4) is 0 Å². The number of rotatable bonds is 3. The van der Waals surface area contributed by atoms with Gasteiger partial charge < -0.3 is 5.01 Å². The van der Waals surface area contributed by atoms with Gasteiger partial charge in [-0.05, 0) is 37.8 Å². The molecular formula is C16H20ClN3O. The van der Waals surface area contributed by atoms with Gasteiger partial charge in [-0.3, -0.25) is 4.79 Å². The minimum Gasteiger partial charge on any atom is -0.308 e. The van der Waals surface area contributed by atoms with Crippen LogP contribution in [0, 0.1) is 0 Å². The fourth-order valence-corrected chi connectivity index (χ4v) is 3.02.